The summed E-state index contributed by atoms with van der Waals surface area (Å²) in [5.41, 5.74) is 0.781. The normalized spacial score (nSPS) is 33.2. The fraction of sp³-hybridized carbons (Fsp3) is 0.588. The summed E-state index contributed by atoms with van der Waals surface area (Å²) in [7, 11) is 0. The van der Waals surface area contributed by atoms with Crippen molar-refractivity contribution in [3.63, 3.8) is 0 Å². The molecule has 2 saturated carbocycles. The maximum atomic E-state index is 13.3. The molecule has 3 unspecified atom stereocenters. The third-order valence-electron chi connectivity index (χ3n) is 5.75. The van der Waals surface area contributed by atoms with Crippen molar-refractivity contribution in [2.45, 2.75) is 51.0 Å². The molecule has 2 bridgehead atoms. The first-order valence-electron chi connectivity index (χ1n) is 7.53. The molecular weight excluding hydrogens is 285 g/mol. The molecule has 0 radical (unpaired) electrons. The first-order valence-corrected chi connectivity index (χ1v) is 7.98. The highest BCUT2D eigenvalue weighted by molar-refractivity contribution is 7.80. The Hall–Kier alpha value is -1.03. The summed E-state index contributed by atoms with van der Waals surface area (Å²) in [5.74, 6) is 0.153. The molecule has 1 aromatic rings. The minimum Gasteiger partial charge on any atom is -0.348 e. The predicted molar refractivity (Wildman–Crippen MR) is 84.1 cm³/mol. The Balaban J connectivity index is 1.83. The van der Waals surface area contributed by atoms with E-state index in [4.69, 9.17) is 0 Å². The Morgan fingerprint density at radius 3 is 2.67 bits per heavy atom. The lowest BCUT2D eigenvalue weighted by molar-refractivity contribution is 0.0737. The van der Waals surface area contributed by atoms with Gasteiger partial charge in [0.2, 0.25) is 0 Å². The molecule has 2 aliphatic rings. The van der Waals surface area contributed by atoms with Crippen LogP contribution < -0.4 is 5.32 Å². The van der Waals surface area contributed by atoms with E-state index in [2.05, 4.69) is 38.7 Å². The smallest absolute Gasteiger partial charge is 0.251 e. The zero-order valence-corrected chi connectivity index (χ0v) is 13.6. The number of benzene rings is 1. The van der Waals surface area contributed by atoms with Gasteiger partial charge >= 0.3 is 0 Å². The number of rotatable bonds is 2. The maximum absolute atomic E-state index is 13.3. The van der Waals surface area contributed by atoms with Gasteiger partial charge in [-0.2, -0.15) is 0 Å². The van der Waals surface area contributed by atoms with Crippen molar-refractivity contribution in [3.8, 4) is 0 Å². The Labute approximate surface area is 130 Å². The average molecular weight is 307 g/mol. The Kier molecular flexibility index (Phi) is 3.36. The van der Waals surface area contributed by atoms with Crippen molar-refractivity contribution in [1.82, 2.24) is 5.32 Å². The first kappa shape index (κ1) is 14.9. The number of amides is 1. The summed E-state index contributed by atoms with van der Waals surface area (Å²) in [6.45, 7) is 6.78. The zero-order chi connectivity index (χ0) is 15.4. The van der Waals surface area contributed by atoms with E-state index in [0.717, 1.165) is 0 Å². The highest BCUT2D eigenvalue weighted by Crippen LogP contribution is 2.62. The van der Waals surface area contributed by atoms with Crippen molar-refractivity contribution in [1.29, 1.82) is 0 Å². The van der Waals surface area contributed by atoms with Crippen molar-refractivity contribution in [3.05, 3.63) is 29.6 Å². The van der Waals surface area contributed by atoms with Gasteiger partial charge in [-0.15, -0.1) is 12.6 Å². The predicted octanol–water partition coefficient (Wildman–Crippen LogP) is 4.06. The highest BCUT2D eigenvalue weighted by Gasteiger charge is 2.59. The lowest BCUT2D eigenvalue weighted by Gasteiger charge is -2.43. The Morgan fingerprint density at radius 2 is 2.10 bits per heavy atom. The second-order valence-electron chi connectivity index (χ2n) is 7.49. The standard InChI is InChI=1S/C17H22FNOS/c1-16(2)11-6-7-17(3,9-11)15(16)19-14(20)10-4-5-12(18)13(21)8-10/h4-5,8,11,15,21H,6-7,9H2,1-3H3,(H,19,20). The molecule has 3 atom stereocenters. The summed E-state index contributed by atoms with van der Waals surface area (Å²) in [6, 6.07) is 4.48. The summed E-state index contributed by atoms with van der Waals surface area (Å²) in [6.07, 6.45) is 3.62. The van der Waals surface area contributed by atoms with Crippen LogP contribution in [0.3, 0.4) is 0 Å². The van der Waals surface area contributed by atoms with Gasteiger partial charge in [0, 0.05) is 16.5 Å². The second kappa shape index (κ2) is 4.73. The van der Waals surface area contributed by atoms with Crippen molar-refractivity contribution in [2.75, 3.05) is 0 Å². The van der Waals surface area contributed by atoms with Gasteiger partial charge in [-0.3, -0.25) is 4.79 Å². The molecule has 0 saturated heterocycles. The number of carbonyl (C=O) groups is 1. The average Bonchev–Trinajstić information content (AvgIpc) is 2.89. The number of thiol groups is 1. The van der Waals surface area contributed by atoms with Crippen LogP contribution in [-0.4, -0.2) is 11.9 Å². The van der Waals surface area contributed by atoms with Crippen molar-refractivity contribution in [2.24, 2.45) is 16.7 Å². The van der Waals surface area contributed by atoms with Crippen molar-refractivity contribution >= 4 is 18.5 Å². The molecule has 2 aliphatic carbocycles. The van der Waals surface area contributed by atoms with Crippen LogP contribution in [0.5, 0.6) is 0 Å². The molecule has 0 spiro atoms. The van der Waals surface area contributed by atoms with Crippen LogP contribution >= 0.6 is 12.6 Å². The fourth-order valence-electron chi connectivity index (χ4n) is 4.53. The largest absolute Gasteiger partial charge is 0.348 e. The van der Waals surface area contributed by atoms with Gasteiger partial charge in [0.05, 0.1) is 0 Å². The Morgan fingerprint density at radius 1 is 1.38 bits per heavy atom. The maximum Gasteiger partial charge on any atom is 0.251 e. The molecular formula is C17H22FNOS. The van der Waals surface area contributed by atoms with Crippen LogP contribution in [-0.2, 0) is 0 Å². The third-order valence-corrected chi connectivity index (χ3v) is 6.10. The van der Waals surface area contributed by atoms with E-state index in [1.54, 1.807) is 0 Å². The molecule has 114 valence electrons. The van der Waals surface area contributed by atoms with E-state index < -0.39 is 5.82 Å². The SMILES string of the molecule is CC12CCC(C1)C(C)(C)C2NC(=O)c1ccc(F)c(S)c1. The highest BCUT2D eigenvalue weighted by atomic mass is 32.1. The molecule has 3 rings (SSSR count). The first-order chi connectivity index (χ1) is 9.74. The lowest BCUT2D eigenvalue weighted by Crippen LogP contribution is -2.52. The monoisotopic (exact) mass is 307 g/mol. The second-order valence-corrected chi connectivity index (χ2v) is 7.97. The molecule has 1 amide bonds. The number of halogens is 1. The van der Waals surface area contributed by atoms with Crippen LogP contribution in [0.1, 0.15) is 50.4 Å². The quantitative estimate of drug-likeness (QED) is 0.793. The number of nitrogens with one attached hydrogen (secondary N) is 1. The number of fused-ring (bicyclic) bond motifs is 2. The lowest BCUT2D eigenvalue weighted by atomic mass is 9.68. The number of carbonyl (C=O) groups excluding carboxylic acids is 1. The van der Waals surface area contributed by atoms with Crippen LogP contribution in [0.2, 0.25) is 0 Å². The molecule has 2 nitrogen and oxygen atoms in total. The van der Waals surface area contributed by atoms with Crippen molar-refractivity contribution < 1.29 is 9.18 Å². The molecule has 21 heavy (non-hydrogen) atoms. The topological polar surface area (TPSA) is 29.1 Å². The van der Waals surface area contributed by atoms with Gasteiger partial charge < -0.3 is 5.32 Å². The van der Waals surface area contributed by atoms with E-state index in [1.807, 2.05) is 0 Å². The van der Waals surface area contributed by atoms with Crippen LogP contribution in [0.4, 0.5) is 4.39 Å². The molecule has 0 aliphatic heterocycles. The van der Waals surface area contributed by atoms with Crippen LogP contribution in [0.15, 0.2) is 23.1 Å². The summed E-state index contributed by atoms with van der Waals surface area (Å²) >= 11 is 4.05. The van der Waals surface area contributed by atoms with Gasteiger partial charge in [-0.1, -0.05) is 20.8 Å². The van der Waals surface area contributed by atoms with Gasteiger partial charge in [0.15, 0.2) is 0 Å². The molecule has 0 aromatic heterocycles. The molecule has 0 heterocycles. The van der Waals surface area contributed by atoms with E-state index in [1.165, 1.54) is 37.5 Å². The summed E-state index contributed by atoms with van der Waals surface area (Å²) in [4.78, 5) is 12.7. The molecule has 1 N–H and O–H groups in total. The molecule has 1 aromatic carbocycles. The van der Waals surface area contributed by atoms with Gasteiger partial charge in [0.25, 0.3) is 5.91 Å². The molecule has 2 fully saturated rings. The molecule has 4 heteroatoms. The minimum absolute atomic E-state index is 0.118. The summed E-state index contributed by atoms with van der Waals surface area (Å²) in [5, 5.41) is 3.21. The van der Waals surface area contributed by atoms with E-state index in [9.17, 15) is 9.18 Å². The van der Waals surface area contributed by atoms with Gasteiger partial charge in [-0.25, -0.2) is 4.39 Å². The van der Waals surface area contributed by atoms with Crippen LogP contribution in [0, 0.1) is 22.6 Å². The fourth-order valence-corrected chi connectivity index (χ4v) is 4.74. The van der Waals surface area contributed by atoms with Gasteiger partial charge in [-0.05, 0) is 54.2 Å². The number of hydrogen-bond donors (Lipinski definition) is 2. The third kappa shape index (κ3) is 2.28. The summed E-state index contributed by atoms with van der Waals surface area (Å²) < 4.78 is 13.3. The zero-order valence-electron chi connectivity index (χ0n) is 12.7. The van der Waals surface area contributed by atoms with E-state index in [0.29, 0.717) is 11.5 Å². The van der Waals surface area contributed by atoms with E-state index in [-0.39, 0.29) is 27.7 Å². The van der Waals surface area contributed by atoms with E-state index >= 15 is 0 Å². The van der Waals surface area contributed by atoms with Gasteiger partial charge in [0.1, 0.15) is 5.82 Å². The van der Waals surface area contributed by atoms with Crippen LogP contribution in [0.25, 0.3) is 0 Å². The Bertz CT molecular complexity index is 596. The number of hydrogen-bond acceptors (Lipinski definition) is 2. The minimum atomic E-state index is -0.401.